The quantitative estimate of drug-likeness (QED) is 0.649. The van der Waals surface area contributed by atoms with Gasteiger partial charge < -0.3 is 10.5 Å². The van der Waals surface area contributed by atoms with Gasteiger partial charge in [-0.3, -0.25) is 0 Å². The zero-order valence-electron chi connectivity index (χ0n) is 12.6. The Morgan fingerprint density at radius 1 is 1.48 bits per heavy atom. The fraction of sp³-hybridized carbons (Fsp3) is 0.500. The maximum atomic E-state index is 12.4. The highest BCUT2D eigenvalue weighted by atomic mass is 79.9. The summed E-state index contributed by atoms with van der Waals surface area (Å²) in [6.07, 6.45) is 1.99. The number of sulfonamides is 1. The predicted octanol–water partition coefficient (Wildman–Crippen LogP) is 2.06. The van der Waals surface area contributed by atoms with E-state index < -0.39 is 16.0 Å². The molecule has 0 aliphatic heterocycles. The molecule has 3 N–H and O–H groups in total. The first-order chi connectivity index (χ1) is 10.4. The highest BCUT2D eigenvalue weighted by Crippen LogP contribution is 2.33. The zero-order valence-corrected chi connectivity index (χ0v) is 15.8. The van der Waals surface area contributed by atoms with Crippen molar-refractivity contribution in [2.45, 2.75) is 30.7 Å². The fourth-order valence-electron chi connectivity index (χ4n) is 2.16. The van der Waals surface area contributed by atoms with Crippen molar-refractivity contribution in [3.05, 3.63) is 28.2 Å². The molecule has 1 saturated carbocycles. The summed E-state index contributed by atoms with van der Waals surface area (Å²) in [5.41, 5.74) is 5.93. The van der Waals surface area contributed by atoms with Gasteiger partial charge in [0.15, 0.2) is 0 Å². The van der Waals surface area contributed by atoms with Gasteiger partial charge >= 0.3 is 5.97 Å². The molecule has 2 rings (SSSR count). The monoisotopic (exact) mass is 426 g/mol. The molecule has 1 aliphatic carbocycles. The number of esters is 1. The molecule has 9 heteroatoms. The molecule has 0 amide bonds. The SMILES string of the molecule is CCOC(=O)c1ccc(S(=O)(=O)NC(CN)C2CC2)c(Br)c1.Cl. The maximum absolute atomic E-state index is 12.4. The smallest absolute Gasteiger partial charge is 0.338 e. The summed E-state index contributed by atoms with van der Waals surface area (Å²) in [7, 11) is -3.69. The normalized spacial score (nSPS) is 15.6. The Morgan fingerprint density at radius 2 is 2.13 bits per heavy atom. The van der Waals surface area contributed by atoms with Crippen LogP contribution in [-0.4, -0.2) is 33.6 Å². The van der Waals surface area contributed by atoms with Crippen LogP contribution in [0, 0.1) is 5.92 Å². The second-order valence-electron chi connectivity index (χ2n) is 5.17. The zero-order chi connectivity index (χ0) is 16.3. The lowest BCUT2D eigenvalue weighted by Crippen LogP contribution is -2.41. The predicted molar refractivity (Wildman–Crippen MR) is 93.2 cm³/mol. The maximum Gasteiger partial charge on any atom is 0.338 e. The van der Waals surface area contributed by atoms with Crippen LogP contribution >= 0.6 is 28.3 Å². The lowest BCUT2D eigenvalue weighted by molar-refractivity contribution is 0.0526. The number of hydrogen-bond donors (Lipinski definition) is 2. The van der Waals surface area contributed by atoms with Crippen LogP contribution in [0.15, 0.2) is 27.6 Å². The van der Waals surface area contributed by atoms with Gasteiger partial charge in [-0.2, -0.15) is 0 Å². The van der Waals surface area contributed by atoms with Gasteiger partial charge in [-0.05, 0) is 59.8 Å². The van der Waals surface area contributed by atoms with Crippen LogP contribution in [0.1, 0.15) is 30.1 Å². The van der Waals surface area contributed by atoms with E-state index in [4.69, 9.17) is 10.5 Å². The van der Waals surface area contributed by atoms with Gasteiger partial charge in [0.2, 0.25) is 10.0 Å². The van der Waals surface area contributed by atoms with Crippen molar-refractivity contribution in [3.63, 3.8) is 0 Å². The standard InChI is InChI=1S/C14H19BrN2O4S.ClH/c1-2-21-14(18)10-5-6-13(11(15)7-10)22(19,20)17-12(8-16)9-3-4-9;/h5-7,9,12,17H,2-4,8,16H2,1H3;1H. The van der Waals surface area contributed by atoms with Crippen LogP contribution < -0.4 is 10.5 Å². The second kappa shape index (κ2) is 8.43. The number of nitrogens with two attached hydrogens (primary N) is 1. The molecular formula is C14H20BrClN2O4S. The van der Waals surface area contributed by atoms with Gasteiger partial charge in [-0.1, -0.05) is 0 Å². The number of benzene rings is 1. The minimum atomic E-state index is -3.69. The van der Waals surface area contributed by atoms with E-state index in [2.05, 4.69) is 20.7 Å². The minimum Gasteiger partial charge on any atom is -0.462 e. The third-order valence-electron chi connectivity index (χ3n) is 3.48. The minimum absolute atomic E-state index is 0. The topological polar surface area (TPSA) is 98.5 Å². The molecule has 23 heavy (non-hydrogen) atoms. The van der Waals surface area contributed by atoms with Crippen molar-refractivity contribution in [2.24, 2.45) is 11.7 Å². The molecule has 0 aromatic heterocycles. The summed E-state index contributed by atoms with van der Waals surface area (Å²) >= 11 is 3.21. The number of carbonyl (C=O) groups is 1. The average molecular weight is 428 g/mol. The van der Waals surface area contributed by atoms with Gasteiger partial charge in [0.25, 0.3) is 0 Å². The first-order valence-corrected chi connectivity index (χ1v) is 9.35. The van der Waals surface area contributed by atoms with Crippen molar-refractivity contribution < 1.29 is 17.9 Å². The molecule has 0 heterocycles. The van der Waals surface area contributed by atoms with Gasteiger partial charge in [-0.15, -0.1) is 12.4 Å². The summed E-state index contributed by atoms with van der Waals surface area (Å²) in [5.74, 6) is -0.171. The summed E-state index contributed by atoms with van der Waals surface area (Å²) in [4.78, 5) is 11.7. The molecule has 0 spiro atoms. The van der Waals surface area contributed by atoms with Gasteiger partial charge in [0.1, 0.15) is 0 Å². The molecule has 1 aliphatic rings. The molecule has 1 aromatic rings. The molecule has 1 fully saturated rings. The van der Waals surface area contributed by atoms with Crippen molar-refractivity contribution in [3.8, 4) is 0 Å². The van der Waals surface area contributed by atoms with Gasteiger partial charge in [-0.25, -0.2) is 17.9 Å². The number of nitrogens with one attached hydrogen (secondary N) is 1. The summed E-state index contributed by atoms with van der Waals surface area (Å²) < 4.78 is 32.7. The number of carbonyl (C=O) groups excluding carboxylic acids is 1. The lowest BCUT2D eigenvalue weighted by Gasteiger charge is -2.17. The van der Waals surface area contributed by atoms with Crippen LogP contribution in [0.25, 0.3) is 0 Å². The Labute approximate surface area is 150 Å². The van der Waals surface area contributed by atoms with Gasteiger partial charge in [0, 0.05) is 17.1 Å². The number of hydrogen-bond acceptors (Lipinski definition) is 5. The van der Waals surface area contributed by atoms with Gasteiger partial charge in [0.05, 0.1) is 17.1 Å². The average Bonchev–Trinajstić information content (AvgIpc) is 3.29. The largest absolute Gasteiger partial charge is 0.462 e. The Morgan fingerprint density at radius 3 is 2.61 bits per heavy atom. The van der Waals surface area contributed by atoms with Crippen LogP contribution in [0.5, 0.6) is 0 Å². The second-order valence-corrected chi connectivity index (χ2v) is 7.70. The summed E-state index contributed by atoms with van der Waals surface area (Å²) in [6.45, 7) is 2.24. The van der Waals surface area contributed by atoms with Crippen LogP contribution in [-0.2, 0) is 14.8 Å². The Bertz CT molecular complexity index is 665. The molecular weight excluding hydrogens is 408 g/mol. The number of rotatable bonds is 7. The van der Waals surface area contributed by atoms with E-state index in [1.165, 1.54) is 18.2 Å². The van der Waals surface area contributed by atoms with E-state index in [1.54, 1.807) is 6.92 Å². The highest BCUT2D eigenvalue weighted by molar-refractivity contribution is 9.10. The molecule has 130 valence electrons. The lowest BCUT2D eigenvalue weighted by atomic mass is 10.2. The highest BCUT2D eigenvalue weighted by Gasteiger charge is 2.34. The first-order valence-electron chi connectivity index (χ1n) is 7.08. The number of ether oxygens (including phenoxy) is 1. The van der Waals surface area contributed by atoms with Crippen LogP contribution in [0.3, 0.4) is 0 Å². The number of halogens is 2. The molecule has 6 nitrogen and oxygen atoms in total. The third kappa shape index (κ3) is 5.15. The van der Waals surface area contributed by atoms with E-state index in [1.807, 2.05) is 0 Å². The Balaban J connectivity index is 0.00000264. The van der Waals surface area contributed by atoms with Crippen LogP contribution in [0.4, 0.5) is 0 Å². The van der Waals surface area contributed by atoms with E-state index >= 15 is 0 Å². The molecule has 1 atom stereocenters. The molecule has 0 bridgehead atoms. The first kappa shape index (κ1) is 20.4. The summed E-state index contributed by atoms with van der Waals surface area (Å²) in [5, 5.41) is 0. The molecule has 0 saturated heterocycles. The van der Waals surface area contributed by atoms with E-state index in [0.717, 1.165) is 12.8 Å². The van der Waals surface area contributed by atoms with Crippen molar-refractivity contribution in [1.29, 1.82) is 0 Å². The molecule has 1 aromatic carbocycles. The van der Waals surface area contributed by atoms with Crippen LogP contribution in [0.2, 0.25) is 0 Å². The third-order valence-corrected chi connectivity index (χ3v) is 5.95. The Hall–Kier alpha value is -0.670. The van der Waals surface area contributed by atoms with Crippen molar-refractivity contribution in [1.82, 2.24) is 4.72 Å². The van der Waals surface area contributed by atoms with Crippen molar-refractivity contribution >= 4 is 44.3 Å². The van der Waals surface area contributed by atoms with Crippen molar-refractivity contribution in [2.75, 3.05) is 13.2 Å². The fourth-order valence-corrected chi connectivity index (χ4v) is 4.55. The molecule has 0 radical (unpaired) electrons. The van der Waals surface area contributed by atoms with E-state index in [0.29, 0.717) is 16.0 Å². The van der Waals surface area contributed by atoms with E-state index in [9.17, 15) is 13.2 Å². The summed E-state index contributed by atoms with van der Waals surface area (Å²) in [6, 6.07) is 4.02. The Kier molecular flexibility index (Phi) is 7.47. The van der Waals surface area contributed by atoms with E-state index in [-0.39, 0.29) is 36.5 Å². The molecule has 1 unspecified atom stereocenters.